The van der Waals surface area contributed by atoms with Gasteiger partial charge < -0.3 is 14.8 Å². The Morgan fingerprint density at radius 2 is 2.14 bits per heavy atom. The topological polar surface area (TPSA) is 95.3 Å². The van der Waals surface area contributed by atoms with Crippen LogP contribution in [-0.4, -0.2) is 39.0 Å². The van der Waals surface area contributed by atoms with E-state index in [0.29, 0.717) is 38.9 Å². The molecule has 11 heteroatoms. The fourth-order valence-electron chi connectivity index (χ4n) is 4.00. The van der Waals surface area contributed by atoms with Crippen molar-refractivity contribution in [2.45, 2.75) is 50.9 Å². The zero-order chi connectivity index (χ0) is 25.7. The molecule has 0 saturated carbocycles. The Labute approximate surface area is 223 Å². The first kappa shape index (κ1) is 26.2. The molecular weight excluding hydrogens is 520 g/mol. The quantitative estimate of drug-likeness (QED) is 0.187. The number of nitrogens with one attached hydrogen (secondary N) is 1. The Morgan fingerprint density at radius 1 is 1.33 bits per heavy atom. The van der Waals surface area contributed by atoms with E-state index in [1.807, 2.05) is 23.6 Å². The average Bonchev–Trinajstić information content (AvgIpc) is 3.54. The lowest BCUT2D eigenvalue weighted by molar-refractivity contribution is -0.113. The van der Waals surface area contributed by atoms with E-state index in [1.165, 1.54) is 23.1 Å². The van der Waals surface area contributed by atoms with Crippen LogP contribution in [0.4, 0.5) is 5.00 Å². The van der Waals surface area contributed by atoms with Crippen LogP contribution in [0.15, 0.2) is 42.1 Å². The number of anilines is 1. The average molecular weight is 547 g/mol. The molecule has 1 unspecified atom stereocenters. The molecule has 1 aliphatic carbocycles. The van der Waals surface area contributed by atoms with Crippen LogP contribution in [0.1, 0.15) is 53.0 Å². The molecule has 2 aromatic heterocycles. The van der Waals surface area contributed by atoms with Crippen LogP contribution in [-0.2, 0) is 28.9 Å². The van der Waals surface area contributed by atoms with E-state index < -0.39 is 6.10 Å². The van der Waals surface area contributed by atoms with Gasteiger partial charge in [-0.25, -0.2) is 4.79 Å². The lowest BCUT2D eigenvalue weighted by atomic mass is 10.1. The fourth-order valence-corrected chi connectivity index (χ4v) is 6.22. The predicted molar refractivity (Wildman–Crippen MR) is 142 cm³/mol. The lowest BCUT2D eigenvalue weighted by Gasteiger charge is -2.16. The number of carbonyl (C=O) groups excluding carboxylic acids is 2. The molecule has 1 amide bonds. The Hall–Kier alpha value is -2.82. The third-order valence-corrected chi connectivity index (χ3v) is 8.03. The summed E-state index contributed by atoms with van der Waals surface area (Å²) in [7, 11) is 0. The number of benzene rings is 1. The second kappa shape index (κ2) is 11.9. The molecule has 1 atom stereocenters. The number of thiophene rings is 1. The molecule has 2 heterocycles. The van der Waals surface area contributed by atoms with Crippen molar-refractivity contribution in [3.05, 3.63) is 63.8 Å². The molecule has 8 nitrogen and oxygen atoms in total. The number of carbonyl (C=O) groups is 2. The van der Waals surface area contributed by atoms with Gasteiger partial charge in [-0.3, -0.25) is 9.36 Å². The molecule has 1 aliphatic rings. The van der Waals surface area contributed by atoms with Gasteiger partial charge in [0.1, 0.15) is 10.8 Å². The summed E-state index contributed by atoms with van der Waals surface area (Å²) in [4.78, 5) is 26.5. The number of fused-ring (bicyclic) bond motifs is 1. The second-order valence-electron chi connectivity index (χ2n) is 8.05. The number of halogens is 1. The number of allylic oxidation sites excluding steroid dienone is 1. The minimum atomic E-state index is -0.429. The Bertz CT molecular complexity index is 1270. The van der Waals surface area contributed by atoms with Crippen LogP contribution in [0.2, 0.25) is 5.02 Å². The van der Waals surface area contributed by atoms with Crippen LogP contribution in [0.3, 0.4) is 0 Å². The molecule has 0 aliphatic heterocycles. The van der Waals surface area contributed by atoms with E-state index in [4.69, 9.17) is 21.1 Å². The van der Waals surface area contributed by atoms with Crippen molar-refractivity contribution in [2.24, 2.45) is 0 Å². The number of para-hydroxylation sites is 1. The molecule has 0 fully saturated rings. The first-order valence-corrected chi connectivity index (χ1v) is 13.8. The summed E-state index contributed by atoms with van der Waals surface area (Å²) in [5, 5.41) is 13.1. The summed E-state index contributed by atoms with van der Waals surface area (Å²) < 4.78 is 13.1. The van der Waals surface area contributed by atoms with Crippen LogP contribution < -0.4 is 10.1 Å². The maximum Gasteiger partial charge on any atom is 0.341 e. The van der Waals surface area contributed by atoms with Gasteiger partial charge in [0, 0.05) is 11.4 Å². The molecule has 1 N–H and O–H groups in total. The van der Waals surface area contributed by atoms with Gasteiger partial charge >= 0.3 is 5.97 Å². The van der Waals surface area contributed by atoms with Crippen LogP contribution >= 0.6 is 34.7 Å². The highest BCUT2D eigenvalue weighted by Crippen LogP contribution is 2.39. The van der Waals surface area contributed by atoms with Gasteiger partial charge in [-0.15, -0.1) is 28.1 Å². The maximum absolute atomic E-state index is 12.8. The van der Waals surface area contributed by atoms with Gasteiger partial charge in [0.15, 0.2) is 17.1 Å². The van der Waals surface area contributed by atoms with Gasteiger partial charge in [0.25, 0.3) is 0 Å². The monoisotopic (exact) mass is 546 g/mol. The molecule has 36 heavy (non-hydrogen) atoms. The number of hydrogen-bond donors (Lipinski definition) is 1. The van der Waals surface area contributed by atoms with E-state index in [9.17, 15) is 9.59 Å². The molecule has 0 bridgehead atoms. The van der Waals surface area contributed by atoms with E-state index >= 15 is 0 Å². The van der Waals surface area contributed by atoms with E-state index in [1.54, 1.807) is 25.1 Å². The zero-order valence-corrected chi connectivity index (χ0v) is 22.5. The summed E-state index contributed by atoms with van der Waals surface area (Å²) in [6.07, 6.45) is 4.06. The van der Waals surface area contributed by atoms with Crippen molar-refractivity contribution in [3.8, 4) is 5.75 Å². The van der Waals surface area contributed by atoms with Crippen molar-refractivity contribution in [2.75, 3.05) is 17.7 Å². The Balaban J connectivity index is 1.45. The molecule has 1 aromatic carbocycles. The molecule has 0 spiro atoms. The van der Waals surface area contributed by atoms with E-state index in [-0.39, 0.29) is 24.2 Å². The van der Waals surface area contributed by atoms with Gasteiger partial charge in [0.2, 0.25) is 5.91 Å². The highest BCUT2D eigenvalue weighted by atomic mass is 35.5. The second-order valence-corrected chi connectivity index (χ2v) is 10.5. The minimum absolute atomic E-state index is 0.0971. The highest BCUT2D eigenvalue weighted by Gasteiger charge is 2.28. The lowest BCUT2D eigenvalue weighted by Crippen LogP contribution is -2.17. The van der Waals surface area contributed by atoms with Crippen molar-refractivity contribution in [1.82, 2.24) is 14.8 Å². The number of aryl methyl sites for hydroxylation is 1. The Morgan fingerprint density at radius 3 is 2.89 bits per heavy atom. The number of rotatable bonds is 11. The number of nitrogens with zero attached hydrogens (tertiary/aromatic N) is 3. The standard InChI is InChI=1S/C25H27ClN4O4S2/c1-4-13-30-22(15(3)34-18-11-7-6-10-17(18)26)28-29-25(30)35-14-20(31)27-23-21(24(32)33-5-2)16-9-8-12-19(16)36-23/h4,6-7,10-11,15H,1,5,8-9,12-14H2,2-3H3,(H,27,31). The maximum atomic E-state index is 12.8. The van der Waals surface area contributed by atoms with Crippen molar-refractivity contribution in [3.63, 3.8) is 0 Å². The first-order chi connectivity index (χ1) is 17.4. The van der Waals surface area contributed by atoms with Gasteiger partial charge in [-0.1, -0.05) is 41.6 Å². The fraction of sp³-hybridized carbons (Fsp3) is 0.360. The normalized spacial score (nSPS) is 13.2. The number of amides is 1. The van der Waals surface area contributed by atoms with E-state index in [0.717, 1.165) is 29.7 Å². The summed E-state index contributed by atoms with van der Waals surface area (Å²) in [6.45, 7) is 8.19. The Kier molecular flexibility index (Phi) is 8.71. The molecule has 0 saturated heterocycles. The summed E-state index contributed by atoms with van der Waals surface area (Å²) in [5.74, 6) is 0.619. The van der Waals surface area contributed by atoms with Crippen LogP contribution in [0, 0.1) is 0 Å². The van der Waals surface area contributed by atoms with Gasteiger partial charge in [0.05, 0.1) is 22.9 Å². The summed E-state index contributed by atoms with van der Waals surface area (Å²) in [6, 6.07) is 7.23. The van der Waals surface area contributed by atoms with Crippen molar-refractivity contribution < 1.29 is 19.1 Å². The third-order valence-electron chi connectivity index (χ3n) is 5.55. The van der Waals surface area contributed by atoms with Crippen molar-refractivity contribution in [1.29, 1.82) is 0 Å². The minimum Gasteiger partial charge on any atom is -0.481 e. The van der Waals surface area contributed by atoms with E-state index in [2.05, 4.69) is 22.1 Å². The van der Waals surface area contributed by atoms with Gasteiger partial charge in [-0.05, 0) is 50.8 Å². The molecule has 3 aromatic rings. The van der Waals surface area contributed by atoms with Gasteiger partial charge in [-0.2, -0.15) is 0 Å². The SMILES string of the molecule is C=CCn1c(SCC(=O)Nc2sc3c(c2C(=O)OCC)CCC3)nnc1C(C)Oc1ccccc1Cl. The number of aromatic nitrogens is 3. The smallest absolute Gasteiger partial charge is 0.341 e. The summed E-state index contributed by atoms with van der Waals surface area (Å²) >= 11 is 8.94. The third kappa shape index (κ3) is 5.77. The highest BCUT2D eigenvalue weighted by molar-refractivity contribution is 7.99. The molecule has 0 radical (unpaired) electrons. The number of esters is 1. The predicted octanol–water partition coefficient (Wildman–Crippen LogP) is 5.72. The number of hydrogen-bond acceptors (Lipinski definition) is 8. The number of ether oxygens (including phenoxy) is 2. The van der Waals surface area contributed by atoms with Crippen LogP contribution in [0.5, 0.6) is 5.75 Å². The van der Waals surface area contributed by atoms with Crippen molar-refractivity contribution >= 4 is 51.6 Å². The molecular formula is C25H27ClN4O4S2. The zero-order valence-electron chi connectivity index (χ0n) is 20.1. The largest absolute Gasteiger partial charge is 0.481 e. The van der Waals surface area contributed by atoms with Crippen LogP contribution in [0.25, 0.3) is 0 Å². The molecule has 4 rings (SSSR count). The molecule has 190 valence electrons. The first-order valence-electron chi connectivity index (χ1n) is 11.6. The number of thioether (sulfide) groups is 1. The summed E-state index contributed by atoms with van der Waals surface area (Å²) in [5.41, 5.74) is 1.50.